The van der Waals surface area contributed by atoms with Gasteiger partial charge in [-0.25, -0.2) is 0 Å². The van der Waals surface area contributed by atoms with E-state index >= 15 is 0 Å². The van der Waals surface area contributed by atoms with Gasteiger partial charge in [-0.2, -0.15) is 0 Å². The number of anilines is 3. The van der Waals surface area contributed by atoms with Gasteiger partial charge in [-0.05, 0) is 65.5 Å². The van der Waals surface area contributed by atoms with E-state index in [4.69, 9.17) is 4.74 Å². The second kappa shape index (κ2) is 7.72. The van der Waals surface area contributed by atoms with Crippen LogP contribution in [0.15, 0.2) is 34.8 Å². The molecule has 126 valence electrons. The van der Waals surface area contributed by atoms with Gasteiger partial charge in [0.1, 0.15) is 0 Å². The lowest BCUT2D eigenvalue weighted by molar-refractivity contribution is -0.122. The number of nitrogens with one attached hydrogen (secondary N) is 2. The van der Waals surface area contributed by atoms with Crippen molar-refractivity contribution in [3.8, 4) is 0 Å². The molecule has 1 saturated heterocycles. The Morgan fingerprint density at radius 3 is 2.54 bits per heavy atom. The fraction of sp³-hybridized carbons (Fsp3) is 0.353. The van der Waals surface area contributed by atoms with Gasteiger partial charge in [0.05, 0.1) is 5.69 Å². The van der Waals surface area contributed by atoms with Crippen molar-refractivity contribution in [3.05, 3.63) is 40.4 Å². The summed E-state index contributed by atoms with van der Waals surface area (Å²) in [6.45, 7) is 3.31. The molecule has 1 aromatic heterocycles. The lowest BCUT2D eigenvalue weighted by atomic mass is 9.99. The molecule has 1 aliphatic rings. The van der Waals surface area contributed by atoms with Gasteiger partial charge in [-0.15, -0.1) is 10.2 Å². The van der Waals surface area contributed by atoms with E-state index in [0.29, 0.717) is 24.8 Å². The maximum absolute atomic E-state index is 12.2. The van der Waals surface area contributed by atoms with Crippen LogP contribution in [-0.2, 0) is 9.53 Å². The zero-order valence-corrected chi connectivity index (χ0v) is 15.0. The van der Waals surface area contributed by atoms with Gasteiger partial charge in [0, 0.05) is 23.6 Å². The highest BCUT2D eigenvalue weighted by molar-refractivity contribution is 9.10. The smallest absolute Gasteiger partial charge is 0.228 e. The van der Waals surface area contributed by atoms with Crippen molar-refractivity contribution in [2.24, 2.45) is 5.92 Å². The molecule has 24 heavy (non-hydrogen) atoms. The number of aromatic nitrogens is 2. The summed E-state index contributed by atoms with van der Waals surface area (Å²) >= 11 is 3.52. The number of rotatable bonds is 4. The third-order valence-electron chi connectivity index (χ3n) is 3.90. The molecule has 6 nitrogen and oxygen atoms in total. The van der Waals surface area contributed by atoms with Gasteiger partial charge >= 0.3 is 0 Å². The number of carbonyl (C=O) groups is 1. The molecule has 0 unspecified atom stereocenters. The molecule has 0 bridgehead atoms. The highest BCUT2D eigenvalue weighted by atomic mass is 79.9. The Morgan fingerprint density at radius 2 is 1.88 bits per heavy atom. The van der Waals surface area contributed by atoms with Gasteiger partial charge in [-0.1, -0.05) is 6.07 Å². The van der Waals surface area contributed by atoms with Crippen molar-refractivity contribution in [1.82, 2.24) is 10.2 Å². The highest BCUT2D eigenvalue weighted by Crippen LogP contribution is 2.26. The minimum Gasteiger partial charge on any atom is -0.381 e. The second-order valence-electron chi connectivity index (χ2n) is 5.79. The molecule has 2 aromatic rings. The van der Waals surface area contributed by atoms with E-state index < -0.39 is 0 Å². The standard InChI is InChI=1S/C17H19BrN4O2/c1-11-2-3-14(13(18)10-11)19-15-4-5-16(22-21-15)20-17(23)12-6-8-24-9-7-12/h2-5,10,12H,6-9H2,1H3,(H,19,21)(H,20,22,23). The Balaban J connectivity index is 1.61. The van der Waals surface area contributed by atoms with E-state index in [1.807, 2.05) is 25.1 Å². The Labute approximate surface area is 149 Å². The summed E-state index contributed by atoms with van der Waals surface area (Å²) in [4.78, 5) is 12.2. The molecule has 0 radical (unpaired) electrons. The third kappa shape index (κ3) is 4.30. The van der Waals surface area contributed by atoms with Crippen LogP contribution in [0.4, 0.5) is 17.3 Å². The minimum absolute atomic E-state index is 0.0122. The first-order valence-corrected chi connectivity index (χ1v) is 8.66. The number of aryl methyl sites for hydroxylation is 1. The van der Waals surface area contributed by atoms with Crippen LogP contribution in [0.1, 0.15) is 18.4 Å². The van der Waals surface area contributed by atoms with Crippen LogP contribution in [0.5, 0.6) is 0 Å². The molecule has 1 amide bonds. The van der Waals surface area contributed by atoms with Crippen molar-refractivity contribution in [1.29, 1.82) is 0 Å². The monoisotopic (exact) mass is 390 g/mol. The van der Waals surface area contributed by atoms with Crippen LogP contribution in [0, 0.1) is 12.8 Å². The van der Waals surface area contributed by atoms with Gasteiger partial charge in [0.25, 0.3) is 0 Å². The Hall–Kier alpha value is -1.99. The Bertz CT molecular complexity index is 715. The minimum atomic E-state index is -0.0189. The zero-order valence-electron chi connectivity index (χ0n) is 13.4. The van der Waals surface area contributed by atoms with E-state index in [0.717, 1.165) is 23.0 Å². The summed E-state index contributed by atoms with van der Waals surface area (Å²) in [5, 5.41) is 14.2. The average molecular weight is 391 g/mol. The first-order chi connectivity index (χ1) is 11.6. The van der Waals surface area contributed by atoms with E-state index in [1.165, 1.54) is 5.56 Å². The summed E-state index contributed by atoms with van der Waals surface area (Å²) in [5.74, 6) is 1.04. The number of halogens is 1. The van der Waals surface area contributed by atoms with Gasteiger partial charge in [0.2, 0.25) is 5.91 Å². The fourth-order valence-corrected chi connectivity index (χ4v) is 3.11. The molecule has 3 rings (SSSR count). The van der Waals surface area contributed by atoms with Crippen LogP contribution >= 0.6 is 15.9 Å². The van der Waals surface area contributed by atoms with Crippen LogP contribution in [-0.4, -0.2) is 29.3 Å². The SMILES string of the molecule is Cc1ccc(Nc2ccc(NC(=O)C3CCOCC3)nn2)c(Br)c1. The summed E-state index contributed by atoms with van der Waals surface area (Å²) in [6.07, 6.45) is 1.50. The summed E-state index contributed by atoms with van der Waals surface area (Å²) < 4.78 is 6.23. The largest absolute Gasteiger partial charge is 0.381 e. The van der Waals surface area contributed by atoms with E-state index in [9.17, 15) is 4.79 Å². The maximum Gasteiger partial charge on any atom is 0.228 e. The number of benzene rings is 1. The highest BCUT2D eigenvalue weighted by Gasteiger charge is 2.21. The normalized spacial score (nSPS) is 15.1. The number of carbonyl (C=O) groups excluding carboxylic acids is 1. The molecule has 0 saturated carbocycles. The number of amides is 1. The molecule has 7 heteroatoms. The van der Waals surface area contributed by atoms with Crippen molar-refractivity contribution >= 4 is 39.2 Å². The Kier molecular flexibility index (Phi) is 5.42. The maximum atomic E-state index is 12.2. The molecule has 0 atom stereocenters. The predicted molar refractivity (Wildman–Crippen MR) is 96.4 cm³/mol. The molecule has 2 N–H and O–H groups in total. The fourth-order valence-electron chi connectivity index (χ4n) is 2.51. The number of hydrogen-bond acceptors (Lipinski definition) is 5. The molecule has 1 fully saturated rings. The average Bonchev–Trinajstić information content (AvgIpc) is 2.60. The van der Waals surface area contributed by atoms with Gasteiger partial charge < -0.3 is 15.4 Å². The van der Waals surface area contributed by atoms with Gasteiger partial charge in [-0.3, -0.25) is 4.79 Å². The predicted octanol–water partition coefficient (Wildman–Crippen LogP) is 3.66. The van der Waals surface area contributed by atoms with Crippen molar-refractivity contribution in [2.75, 3.05) is 23.8 Å². The van der Waals surface area contributed by atoms with Crippen LogP contribution < -0.4 is 10.6 Å². The molecule has 1 aliphatic heterocycles. The lowest BCUT2D eigenvalue weighted by Crippen LogP contribution is -2.28. The number of hydrogen-bond donors (Lipinski definition) is 2. The molecular weight excluding hydrogens is 372 g/mol. The Morgan fingerprint density at radius 1 is 1.17 bits per heavy atom. The summed E-state index contributed by atoms with van der Waals surface area (Å²) in [7, 11) is 0. The van der Waals surface area contributed by atoms with E-state index in [2.05, 4.69) is 36.8 Å². The van der Waals surface area contributed by atoms with Crippen molar-refractivity contribution in [2.45, 2.75) is 19.8 Å². The lowest BCUT2D eigenvalue weighted by Gasteiger charge is -2.20. The zero-order chi connectivity index (χ0) is 16.9. The molecular formula is C17H19BrN4O2. The van der Waals surface area contributed by atoms with Crippen molar-refractivity contribution < 1.29 is 9.53 Å². The summed E-state index contributed by atoms with van der Waals surface area (Å²) in [6, 6.07) is 9.55. The molecule has 2 heterocycles. The van der Waals surface area contributed by atoms with Crippen molar-refractivity contribution in [3.63, 3.8) is 0 Å². The first-order valence-electron chi connectivity index (χ1n) is 7.87. The summed E-state index contributed by atoms with van der Waals surface area (Å²) in [5.41, 5.74) is 2.08. The number of nitrogens with zero attached hydrogens (tertiary/aromatic N) is 2. The van der Waals surface area contributed by atoms with Crippen LogP contribution in [0.25, 0.3) is 0 Å². The first kappa shape index (κ1) is 16.9. The molecule has 1 aromatic carbocycles. The van der Waals surface area contributed by atoms with Crippen LogP contribution in [0.3, 0.4) is 0 Å². The number of ether oxygens (including phenoxy) is 1. The van der Waals surface area contributed by atoms with E-state index in [-0.39, 0.29) is 11.8 Å². The molecule has 0 aliphatic carbocycles. The van der Waals surface area contributed by atoms with E-state index in [1.54, 1.807) is 12.1 Å². The topological polar surface area (TPSA) is 76.1 Å². The van der Waals surface area contributed by atoms with Gasteiger partial charge in [0.15, 0.2) is 11.6 Å². The van der Waals surface area contributed by atoms with Crippen LogP contribution in [0.2, 0.25) is 0 Å². The second-order valence-corrected chi connectivity index (χ2v) is 6.64. The third-order valence-corrected chi connectivity index (χ3v) is 4.55. The quantitative estimate of drug-likeness (QED) is 0.832. The molecule has 0 spiro atoms.